The molecule has 0 saturated heterocycles. The van der Waals surface area contributed by atoms with Crippen molar-refractivity contribution in [1.82, 2.24) is 4.72 Å². The van der Waals surface area contributed by atoms with Gasteiger partial charge in [0.25, 0.3) is 0 Å². The van der Waals surface area contributed by atoms with Gasteiger partial charge in [0.1, 0.15) is 0 Å². The van der Waals surface area contributed by atoms with Crippen molar-refractivity contribution in [2.45, 2.75) is 63.3 Å². The third-order valence-corrected chi connectivity index (χ3v) is 9.51. The first-order valence-electron chi connectivity index (χ1n) is 12.6. The van der Waals surface area contributed by atoms with Crippen molar-refractivity contribution in [2.24, 2.45) is 0 Å². The molecule has 2 saturated carbocycles. The van der Waals surface area contributed by atoms with Crippen LogP contribution < -0.4 is 19.5 Å². The van der Waals surface area contributed by atoms with Gasteiger partial charge in [0.2, 0.25) is 22.7 Å². The standard InChI is InChI=1S/C28H30N2O5S/c1-18-5-9-22(29-27(31)28(13-14-28)20-8-12-25-26(15-20)35-17-34-25)16-24(18)19-6-10-23(11-7-19)36(32,33)30-21-3-2-4-21/h5-6,8-10,12,15-16,21,30H,2-4,7,11,13-14,17H2,1H3,(H,29,31). The third-order valence-electron chi connectivity index (χ3n) is 7.83. The second-order valence-electron chi connectivity index (χ2n) is 10.2. The maximum atomic E-state index is 13.4. The zero-order valence-electron chi connectivity index (χ0n) is 20.3. The maximum absolute atomic E-state index is 13.4. The number of hydrogen-bond acceptors (Lipinski definition) is 5. The molecule has 0 spiro atoms. The molecule has 1 aliphatic heterocycles. The van der Waals surface area contributed by atoms with E-state index in [0.29, 0.717) is 29.2 Å². The highest BCUT2D eigenvalue weighted by Crippen LogP contribution is 2.51. The summed E-state index contributed by atoms with van der Waals surface area (Å²) in [5.41, 5.74) is 4.32. The van der Waals surface area contributed by atoms with Crippen LogP contribution >= 0.6 is 0 Å². The van der Waals surface area contributed by atoms with E-state index in [1.807, 2.05) is 49.4 Å². The average Bonchev–Trinajstić information content (AvgIpc) is 3.53. The number of fused-ring (bicyclic) bond motifs is 1. The largest absolute Gasteiger partial charge is 0.454 e. The Hall–Kier alpha value is -3.10. The highest BCUT2D eigenvalue weighted by Gasteiger charge is 2.51. The summed E-state index contributed by atoms with van der Waals surface area (Å²) in [7, 11) is -3.43. The topological polar surface area (TPSA) is 93.7 Å². The van der Waals surface area contributed by atoms with Crippen molar-refractivity contribution < 1.29 is 22.7 Å². The molecule has 0 aromatic heterocycles. The molecule has 0 unspecified atom stereocenters. The Balaban J connectivity index is 1.20. The molecule has 2 N–H and O–H groups in total. The number of rotatable bonds is 7. The lowest BCUT2D eigenvalue weighted by molar-refractivity contribution is -0.118. The Morgan fingerprint density at radius 1 is 1.00 bits per heavy atom. The number of anilines is 1. The number of allylic oxidation sites excluding steroid dienone is 4. The molecule has 7 nitrogen and oxygen atoms in total. The fourth-order valence-corrected chi connectivity index (χ4v) is 6.59. The zero-order valence-corrected chi connectivity index (χ0v) is 21.1. The summed E-state index contributed by atoms with van der Waals surface area (Å²) in [5.74, 6) is 1.37. The van der Waals surface area contributed by atoms with Crippen molar-refractivity contribution in [1.29, 1.82) is 0 Å². The van der Waals surface area contributed by atoms with E-state index in [4.69, 9.17) is 9.47 Å². The van der Waals surface area contributed by atoms with Gasteiger partial charge in [-0.15, -0.1) is 0 Å². The first-order valence-corrected chi connectivity index (χ1v) is 14.1. The van der Waals surface area contributed by atoms with Gasteiger partial charge in [0.15, 0.2) is 11.5 Å². The van der Waals surface area contributed by atoms with Crippen molar-refractivity contribution in [3.8, 4) is 11.5 Å². The van der Waals surface area contributed by atoms with Gasteiger partial charge >= 0.3 is 0 Å². The normalized spacial score (nSPS) is 20.2. The second-order valence-corrected chi connectivity index (χ2v) is 12.0. The Morgan fingerprint density at radius 3 is 2.50 bits per heavy atom. The van der Waals surface area contributed by atoms with Crippen LogP contribution in [0.3, 0.4) is 0 Å². The molecule has 8 heteroatoms. The van der Waals surface area contributed by atoms with Gasteiger partial charge in [-0.3, -0.25) is 4.79 Å². The summed E-state index contributed by atoms with van der Waals surface area (Å²) in [5, 5.41) is 3.13. The monoisotopic (exact) mass is 506 g/mol. The minimum absolute atomic E-state index is 0.0239. The van der Waals surface area contributed by atoms with Gasteiger partial charge in [-0.05, 0) is 98.1 Å². The van der Waals surface area contributed by atoms with Gasteiger partial charge < -0.3 is 14.8 Å². The molecule has 3 aliphatic carbocycles. The SMILES string of the molecule is Cc1ccc(NC(=O)C2(c3ccc4c(c3)OCO4)CC2)cc1C1=CC=C(S(=O)(=O)NC2CCC2)CC1. The molecule has 0 bridgehead atoms. The lowest BCUT2D eigenvalue weighted by atomic mass is 9.92. The summed E-state index contributed by atoms with van der Waals surface area (Å²) < 4.78 is 39.1. The molecular weight excluding hydrogens is 476 g/mol. The number of nitrogens with one attached hydrogen (secondary N) is 2. The molecule has 2 fully saturated rings. The van der Waals surface area contributed by atoms with Crippen molar-refractivity contribution in [2.75, 3.05) is 12.1 Å². The Bertz CT molecular complexity index is 1400. The number of ether oxygens (including phenoxy) is 2. The number of aryl methyl sites for hydroxylation is 1. The van der Waals surface area contributed by atoms with Crippen LogP contribution in [0.4, 0.5) is 5.69 Å². The van der Waals surface area contributed by atoms with E-state index in [-0.39, 0.29) is 18.7 Å². The summed E-state index contributed by atoms with van der Waals surface area (Å²) in [6, 6.07) is 11.7. The highest BCUT2D eigenvalue weighted by molar-refractivity contribution is 7.93. The first kappa shape index (κ1) is 23.3. The first-order chi connectivity index (χ1) is 17.3. The lowest BCUT2D eigenvalue weighted by Crippen LogP contribution is -2.40. The smallest absolute Gasteiger partial charge is 0.236 e. The predicted octanol–water partition coefficient (Wildman–Crippen LogP) is 4.93. The summed E-state index contributed by atoms with van der Waals surface area (Å²) in [6.07, 6.45) is 9.24. The van der Waals surface area contributed by atoms with Crippen molar-refractivity contribution in [3.05, 3.63) is 70.1 Å². The molecule has 2 aromatic rings. The molecule has 0 radical (unpaired) electrons. The summed E-state index contributed by atoms with van der Waals surface area (Å²) >= 11 is 0. The van der Waals surface area contributed by atoms with E-state index >= 15 is 0 Å². The minimum Gasteiger partial charge on any atom is -0.454 e. The van der Waals surface area contributed by atoms with Gasteiger partial charge in [0.05, 0.1) is 10.3 Å². The van der Waals surface area contributed by atoms with Crippen LogP contribution in [0.25, 0.3) is 5.57 Å². The van der Waals surface area contributed by atoms with Crippen molar-refractivity contribution >= 4 is 27.2 Å². The van der Waals surface area contributed by atoms with E-state index in [1.165, 1.54) is 0 Å². The minimum atomic E-state index is -3.43. The molecule has 2 aromatic carbocycles. The Labute approximate surface area is 211 Å². The van der Waals surface area contributed by atoms with Crippen molar-refractivity contribution in [3.63, 3.8) is 0 Å². The van der Waals surface area contributed by atoms with Crippen LogP contribution in [0.15, 0.2) is 53.5 Å². The van der Waals surface area contributed by atoms with E-state index < -0.39 is 15.4 Å². The molecule has 1 heterocycles. The van der Waals surface area contributed by atoms with E-state index in [2.05, 4.69) is 10.0 Å². The fraction of sp³-hybridized carbons (Fsp3) is 0.393. The Morgan fingerprint density at radius 2 is 1.81 bits per heavy atom. The quantitative estimate of drug-likeness (QED) is 0.556. The van der Waals surface area contributed by atoms with Gasteiger partial charge in [-0.2, -0.15) is 0 Å². The van der Waals surface area contributed by atoms with Crippen LogP contribution in [-0.2, 0) is 20.2 Å². The molecular formula is C28H30N2O5S. The van der Waals surface area contributed by atoms with E-state index in [0.717, 1.165) is 60.1 Å². The fourth-order valence-electron chi connectivity index (χ4n) is 5.15. The van der Waals surface area contributed by atoms with Crippen LogP contribution in [0.2, 0.25) is 0 Å². The molecule has 1 amide bonds. The number of benzene rings is 2. The number of sulfonamides is 1. The summed E-state index contributed by atoms with van der Waals surface area (Å²) in [6.45, 7) is 2.24. The van der Waals surface area contributed by atoms with Crippen LogP contribution in [0, 0.1) is 6.92 Å². The molecule has 36 heavy (non-hydrogen) atoms. The molecule has 188 valence electrons. The van der Waals surface area contributed by atoms with Gasteiger partial charge in [-0.25, -0.2) is 13.1 Å². The van der Waals surface area contributed by atoms with Crippen LogP contribution in [0.5, 0.6) is 11.5 Å². The predicted molar refractivity (Wildman–Crippen MR) is 138 cm³/mol. The second kappa shape index (κ2) is 8.78. The van der Waals surface area contributed by atoms with Gasteiger partial charge in [0, 0.05) is 11.7 Å². The third kappa shape index (κ3) is 4.22. The van der Waals surface area contributed by atoms with Crippen LogP contribution in [-0.4, -0.2) is 27.2 Å². The molecule has 6 rings (SSSR count). The number of carbonyl (C=O) groups is 1. The number of amides is 1. The number of hydrogen-bond donors (Lipinski definition) is 2. The van der Waals surface area contributed by atoms with Crippen LogP contribution in [0.1, 0.15) is 61.6 Å². The molecule has 4 aliphatic rings. The summed E-state index contributed by atoms with van der Waals surface area (Å²) in [4.78, 5) is 13.8. The zero-order chi connectivity index (χ0) is 24.9. The lowest BCUT2D eigenvalue weighted by Gasteiger charge is -2.27. The Kier molecular flexibility index (Phi) is 5.68. The van der Waals surface area contributed by atoms with Gasteiger partial charge in [-0.1, -0.05) is 24.6 Å². The van der Waals surface area contributed by atoms with E-state index in [1.54, 1.807) is 6.08 Å². The van der Waals surface area contributed by atoms with E-state index in [9.17, 15) is 13.2 Å². The molecule has 0 atom stereocenters. The maximum Gasteiger partial charge on any atom is 0.236 e. The highest BCUT2D eigenvalue weighted by atomic mass is 32.2. The number of carbonyl (C=O) groups excluding carboxylic acids is 1. The average molecular weight is 507 g/mol.